The summed E-state index contributed by atoms with van der Waals surface area (Å²) in [5.74, 6) is -1.53. The number of aromatic nitrogens is 3. The summed E-state index contributed by atoms with van der Waals surface area (Å²) >= 11 is 0. The number of pyridine rings is 2. The lowest BCUT2D eigenvalue weighted by molar-refractivity contribution is -0.385. The van der Waals surface area contributed by atoms with Crippen LogP contribution in [0.2, 0.25) is 0 Å². The molecule has 0 aliphatic heterocycles. The van der Waals surface area contributed by atoms with Crippen molar-refractivity contribution in [2.75, 3.05) is 6.61 Å². The normalized spacial score (nSPS) is 11.9. The molecule has 0 fully saturated rings. The Morgan fingerprint density at radius 2 is 1.95 bits per heavy atom. The van der Waals surface area contributed by atoms with Gasteiger partial charge in [0.15, 0.2) is 5.49 Å². The molecule has 37 heavy (non-hydrogen) atoms. The summed E-state index contributed by atoms with van der Waals surface area (Å²) in [7, 11) is 0. The predicted octanol–water partition coefficient (Wildman–Crippen LogP) is 3.44. The topological polar surface area (TPSA) is 138 Å². The van der Waals surface area contributed by atoms with Gasteiger partial charge in [-0.3, -0.25) is 24.1 Å². The van der Waals surface area contributed by atoms with Crippen molar-refractivity contribution in [3.05, 3.63) is 91.3 Å². The van der Waals surface area contributed by atoms with Gasteiger partial charge in [0.25, 0.3) is 17.2 Å². The molecule has 0 radical (unpaired) electrons. The number of nitro benzene ring substituents is 1. The molecule has 4 rings (SSSR count). The minimum absolute atomic E-state index is 0.0187. The number of aryl methyl sites for hydroxylation is 1. The number of hydrogen-bond donors (Lipinski definition) is 0. The Kier molecular flexibility index (Phi) is 6.96. The molecule has 0 bridgehead atoms. The van der Waals surface area contributed by atoms with Gasteiger partial charge in [-0.25, -0.2) is 9.78 Å². The van der Waals surface area contributed by atoms with Crippen molar-refractivity contribution in [3.63, 3.8) is 0 Å². The number of fused-ring (bicyclic) bond motifs is 2. The van der Waals surface area contributed by atoms with E-state index in [-0.39, 0.29) is 52.4 Å². The van der Waals surface area contributed by atoms with E-state index in [1.165, 1.54) is 22.6 Å². The maximum Gasteiger partial charge on any atom is 0.341 e. The molecule has 0 unspecified atom stereocenters. The van der Waals surface area contributed by atoms with E-state index in [2.05, 4.69) is 9.98 Å². The smallest absolute Gasteiger partial charge is 0.341 e. The van der Waals surface area contributed by atoms with E-state index in [1.54, 1.807) is 42.8 Å². The van der Waals surface area contributed by atoms with Crippen molar-refractivity contribution < 1.29 is 19.2 Å². The molecule has 0 aliphatic rings. The molecule has 0 spiro atoms. The average molecular weight is 504 g/mol. The minimum Gasteiger partial charge on any atom is -0.462 e. The Labute approximate surface area is 210 Å². The maximum atomic E-state index is 13.3. The number of nitrogens with zero attached hydrogens (tertiary/aromatic N) is 5. The molecule has 11 nitrogen and oxygen atoms in total. The van der Waals surface area contributed by atoms with Gasteiger partial charge in [0, 0.05) is 29.9 Å². The highest BCUT2D eigenvalue weighted by Crippen LogP contribution is 2.20. The van der Waals surface area contributed by atoms with Crippen LogP contribution in [0.15, 0.2) is 58.4 Å². The maximum absolute atomic E-state index is 13.3. The number of carbonyl (C=O) groups is 2. The van der Waals surface area contributed by atoms with Gasteiger partial charge in [0.2, 0.25) is 0 Å². The summed E-state index contributed by atoms with van der Waals surface area (Å²) in [6.45, 7) is 7.40. The van der Waals surface area contributed by atoms with Crippen LogP contribution in [-0.2, 0) is 11.3 Å². The monoisotopic (exact) mass is 503 g/mol. The number of amides is 1. The molecule has 0 aliphatic carbocycles. The number of esters is 1. The zero-order valence-corrected chi connectivity index (χ0v) is 20.8. The molecule has 1 aromatic carbocycles. The third-order valence-electron chi connectivity index (χ3n) is 5.69. The number of benzene rings is 1. The van der Waals surface area contributed by atoms with Crippen molar-refractivity contribution in [1.82, 2.24) is 14.0 Å². The van der Waals surface area contributed by atoms with Gasteiger partial charge < -0.3 is 9.30 Å². The highest BCUT2D eigenvalue weighted by molar-refractivity contribution is 5.97. The first-order valence-electron chi connectivity index (χ1n) is 11.7. The summed E-state index contributed by atoms with van der Waals surface area (Å²) < 4.78 is 8.14. The van der Waals surface area contributed by atoms with Crippen molar-refractivity contribution in [3.8, 4) is 0 Å². The van der Waals surface area contributed by atoms with E-state index in [0.29, 0.717) is 11.2 Å². The summed E-state index contributed by atoms with van der Waals surface area (Å²) in [5, 5.41) is 11.5. The fourth-order valence-corrected chi connectivity index (χ4v) is 4.00. The molecular weight excluding hydrogens is 478 g/mol. The lowest BCUT2D eigenvalue weighted by Crippen LogP contribution is -2.33. The summed E-state index contributed by atoms with van der Waals surface area (Å²) in [5.41, 5.74) is 0.268. The SMILES string of the molecule is CCOC(=O)c1cc2c(=O)n3ccccc3nc2n(CC(C)C)c1=NC(=O)c1ccc(C)c([N+](=O)[O-])c1. The Balaban J connectivity index is 2.11. The predicted molar refractivity (Wildman–Crippen MR) is 135 cm³/mol. The van der Waals surface area contributed by atoms with E-state index in [0.717, 1.165) is 6.07 Å². The number of ether oxygens (including phenoxy) is 1. The minimum atomic E-state index is -0.789. The van der Waals surface area contributed by atoms with Crippen LogP contribution in [0, 0.1) is 23.0 Å². The molecule has 3 heterocycles. The van der Waals surface area contributed by atoms with Gasteiger partial charge in [-0.05, 0) is 44.0 Å². The molecule has 0 N–H and O–H groups in total. The molecule has 0 saturated carbocycles. The first-order chi connectivity index (χ1) is 17.6. The van der Waals surface area contributed by atoms with Crippen LogP contribution in [0.4, 0.5) is 5.69 Å². The van der Waals surface area contributed by atoms with E-state index >= 15 is 0 Å². The fraction of sp³-hybridized carbons (Fsp3) is 0.269. The molecular formula is C26H25N5O6. The lowest BCUT2D eigenvalue weighted by Gasteiger charge is -2.16. The van der Waals surface area contributed by atoms with E-state index in [9.17, 15) is 24.5 Å². The van der Waals surface area contributed by atoms with Gasteiger partial charge in [-0.1, -0.05) is 26.0 Å². The second kappa shape index (κ2) is 10.1. The van der Waals surface area contributed by atoms with Crippen molar-refractivity contribution >= 4 is 34.2 Å². The third kappa shape index (κ3) is 4.88. The van der Waals surface area contributed by atoms with Crippen LogP contribution in [-0.4, -0.2) is 37.4 Å². The van der Waals surface area contributed by atoms with Crippen LogP contribution in [0.3, 0.4) is 0 Å². The fourth-order valence-electron chi connectivity index (χ4n) is 4.00. The van der Waals surface area contributed by atoms with E-state index < -0.39 is 22.4 Å². The molecule has 0 atom stereocenters. The first-order valence-corrected chi connectivity index (χ1v) is 11.7. The van der Waals surface area contributed by atoms with E-state index in [1.807, 2.05) is 13.8 Å². The number of rotatable bonds is 6. The molecule has 1 amide bonds. The van der Waals surface area contributed by atoms with E-state index in [4.69, 9.17) is 4.74 Å². The lowest BCUT2D eigenvalue weighted by atomic mass is 10.1. The Morgan fingerprint density at radius 1 is 1.19 bits per heavy atom. The van der Waals surface area contributed by atoms with Crippen LogP contribution >= 0.6 is 0 Å². The quantitative estimate of drug-likeness (QED) is 0.170. The van der Waals surface area contributed by atoms with Gasteiger partial charge >= 0.3 is 5.97 Å². The average Bonchev–Trinajstić information content (AvgIpc) is 2.85. The second-order valence-electron chi connectivity index (χ2n) is 8.86. The molecule has 11 heteroatoms. The second-order valence-corrected chi connectivity index (χ2v) is 8.86. The Hall–Kier alpha value is -4.67. The third-order valence-corrected chi connectivity index (χ3v) is 5.69. The number of nitro groups is 1. The van der Waals surface area contributed by atoms with Crippen molar-refractivity contribution in [2.24, 2.45) is 10.9 Å². The summed E-state index contributed by atoms with van der Waals surface area (Å²) in [6.07, 6.45) is 1.58. The Morgan fingerprint density at radius 3 is 2.62 bits per heavy atom. The molecule has 3 aromatic heterocycles. The zero-order chi connectivity index (χ0) is 26.9. The van der Waals surface area contributed by atoms with Gasteiger partial charge in [-0.15, -0.1) is 0 Å². The standard InChI is InChI=1S/C26H25N5O6/c1-5-37-26(34)19-13-18-22(27-21-8-6-7-11-29(21)25(18)33)30(14-15(2)3)23(19)28-24(32)17-10-9-16(4)20(12-17)31(35)36/h6-13,15H,5,14H2,1-4H3. The van der Waals surface area contributed by atoms with Gasteiger partial charge in [-0.2, -0.15) is 4.99 Å². The van der Waals surface area contributed by atoms with Gasteiger partial charge in [0.1, 0.15) is 16.9 Å². The number of hydrogen-bond acceptors (Lipinski definition) is 7. The Bertz CT molecular complexity index is 1700. The van der Waals surface area contributed by atoms with Crippen molar-refractivity contribution in [2.45, 2.75) is 34.2 Å². The molecule has 4 aromatic rings. The molecule has 0 saturated heterocycles. The van der Waals surface area contributed by atoms with Crippen molar-refractivity contribution in [1.29, 1.82) is 0 Å². The van der Waals surface area contributed by atoms with Crippen LogP contribution in [0.1, 0.15) is 47.1 Å². The van der Waals surface area contributed by atoms with Crippen LogP contribution < -0.4 is 11.0 Å². The first kappa shape index (κ1) is 25.4. The summed E-state index contributed by atoms with van der Waals surface area (Å²) in [4.78, 5) is 59.3. The number of carbonyl (C=O) groups excluding carboxylic acids is 2. The highest BCUT2D eigenvalue weighted by Gasteiger charge is 2.21. The van der Waals surface area contributed by atoms with Crippen LogP contribution in [0.25, 0.3) is 16.7 Å². The molecule has 190 valence electrons. The van der Waals surface area contributed by atoms with Crippen LogP contribution in [0.5, 0.6) is 0 Å². The highest BCUT2D eigenvalue weighted by atomic mass is 16.6. The zero-order valence-electron chi connectivity index (χ0n) is 20.8. The summed E-state index contributed by atoms with van der Waals surface area (Å²) in [6, 6.07) is 10.5. The van der Waals surface area contributed by atoms with Gasteiger partial charge in [0.05, 0.1) is 16.9 Å². The largest absolute Gasteiger partial charge is 0.462 e.